The minimum absolute atomic E-state index is 0.288. The van der Waals surface area contributed by atoms with Gasteiger partial charge in [0.25, 0.3) is 5.91 Å². The lowest BCUT2D eigenvalue weighted by molar-refractivity contribution is 0.102. The summed E-state index contributed by atoms with van der Waals surface area (Å²) in [5.74, 6) is 1.51. The summed E-state index contributed by atoms with van der Waals surface area (Å²) < 4.78 is 2.16. The van der Waals surface area contributed by atoms with E-state index in [4.69, 9.17) is 16.9 Å². The molecule has 0 spiro atoms. The third-order valence-corrected chi connectivity index (χ3v) is 5.19. The van der Waals surface area contributed by atoms with Crippen molar-refractivity contribution in [1.82, 2.24) is 14.8 Å². The quantitative estimate of drug-likeness (QED) is 0.714. The summed E-state index contributed by atoms with van der Waals surface area (Å²) in [6.45, 7) is 0.896. The number of rotatable bonds is 3. The molecule has 1 N–H and O–H groups in total. The molecular weight excluding hydrogens is 374 g/mol. The number of anilines is 1. The highest BCUT2D eigenvalue weighted by atomic mass is 35.5. The molecule has 1 aliphatic heterocycles. The molecule has 0 aliphatic carbocycles. The molecule has 2 heterocycles. The predicted molar refractivity (Wildman–Crippen MR) is 107 cm³/mol. The Bertz CT molecular complexity index is 1070. The van der Waals surface area contributed by atoms with Crippen LogP contribution in [0.2, 0.25) is 5.02 Å². The maximum Gasteiger partial charge on any atom is 0.255 e. The average molecular weight is 392 g/mol. The van der Waals surface area contributed by atoms with Gasteiger partial charge < -0.3 is 9.88 Å². The Balaban J connectivity index is 1.62. The number of halogens is 1. The van der Waals surface area contributed by atoms with Crippen LogP contribution in [0.5, 0.6) is 0 Å². The van der Waals surface area contributed by atoms with E-state index in [0.29, 0.717) is 21.8 Å². The molecule has 0 unspecified atom stereocenters. The normalized spacial score (nSPS) is 13.3. The Morgan fingerprint density at radius 2 is 1.93 bits per heavy atom. The van der Waals surface area contributed by atoms with E-state index in [0.717, 1.165) is 43.0 Å². The largest absolute Gasteiger partial charge is 0.321 e. The minimum Gasteiger partial charge on any atom is -0.321 e. The summed E-state index contributed by atoms with van der Waals surface area (Å²) in [4.78, 5) is 12.6. The van der Waals surface area contributed by atoms with Gasteiger partial charge in [0.1, 0.15) is 5.82 Å². The van der Waals surface area contributed by atoms with Crippen molar-refractivity contribution in [3.63, 3.8) is 0 Å². The van der Waals surface area contributed by atoms with E-state index in [9.17, 15) is 4.79 Å². The molecule has 0 radical (unpaired) electrons. The molecule has 0 bridgehead atoms. The van der Waals surface area contributed by atoms with Crippen LogP contribution < -0.4 is 5.32 Å². The van der Waals surface area contributed by atoms with Crippen LogP contribution in [0.15, 0.2) is 42.5 Å². The fraction of sp³-hybridized carbons (Fsp3) is 0.238. The first-order valence-electron chi connectivity index (χ1n) is 9.19. The van der Waals surface area contributed by atoms with Gasteiger partial charge in [-0.2, -0.15) is 5.26 Å². The van der Waals surface area contributed by atoms with Crippen LogP contribution in [0.1, 0.15) is 41.0 Å². The predicted octanol–water partition coefficient (Wildman–Crippen LogP) is 4.45. The zero-order valence-electron chi connectivity index (χ0n) is 15.2. The Kier molecular flexibility index (Phi) is 5.09. The molecule has 140 valence electrons. The number of nitrogens with one attached hydrogen (secondary N) is 1. The number of carbonyl (C=O) groups is 1. The molecule has 7 heteroatoms. The zero-order chi connectivity index (χ0) is 19.5. The Morgan fingerprint density at radius 1 is 1.11 bits per heavy atom. The van der Waals surface area contributed by atoms with Gasteiger partial charge >= 0.3 is 0 Å². The highest BCUT2D eigenvalue weighted by molar-refractivity contribution is 6.34. The summed E-state index contributed by atoms with van der Waals surface area (Å²) in [5, 5.41) is 20.9. The molecule has 0 atom stereocenters. The third kappa shape index (κ3) is 3.62. The van der Waals surface area contributed by atoms with Crippen LogP contribution in [0.3, 0.4) is 0 Å². The maximum atomic E-state index is 12.6. The molecule has 6 nitrogen and oxygen atoms in total. The van der Waals surface area contributed by atoms with E-state index in [1.807, 2.05) is 18.2 Å². The van der Waals surface area contributed by atoms with Gasteiger partial charge in [-0.25, -0.2) is 0 Å². The zero-order valence-corrected chi connectivity index (χ0v) is 15.9. The molecule has 4 rings (SSSR count). The summed E-state index contributed by atoms with van der Waals surface area (Å²) in [6.07, 6.45) is 4.36. The minimum atomic E-state index is -0.288. The first-order chi connectivity index (χ1) is 13.7. The molecule has 1 aliphatic rings. The van der Waals surface area contributed by atoms with E-state index in [1.54, 1.807) is 30.3 Å². The number of nitrogens with zero attached hydrogens (tertiary/aromatic N) is 4. The second-order valence-electron chi connectivity index (χ2n) is 6.74. The van der Waals surface area contributed by atoms with Gasteiger partial charge in [-0.05, 0) is 55.3 Å². The van der Waals surface area contributed by atoms with Crippen molar-refractivity contribution in [1.29, 1.82) is 5.26 Å². The molecule has 28 heavy (non-hydrogen) atoms. The Morgan fingerprint density at radius 3 is 2.71 bits per heavy atom. The smallest absolute Gasteiger partial charge is 0.255 e. The van der Waals surface area contributed by atoms with Crippen molar-refractivity contribution < 1.29 is 4.79 Å². The van der Waals surface area contributed by atoms with E-state index in [2.05, 4.69) is 20.1 Å². The molecular formula is C21H18ClN5O. The number of nitriles is 1. The standard InChI is InChI=1S/C21H18ClN5O/c22-17-10-9-16(20-26-25-19-4-2-1-3-11-27(19)20)12-18(17)24-21(28)15-7-5-14(13-23)6-8-15/h5-10,12H,1-4,11H2,(H,24,28). The van der Waals surface area contributed by atoms with Crippen LogP contribution >= 0.6 is 11.6 Å². The summed E-state index contributed by atoms with van der Waals surface area (Å²) >= 11 is 6.31. The second kappa shape index (κ2) is 7.83. The van der Waals surface area contributed by atoms with Gasteiger partial charge in [0.05, 0.1) is 22.3 Å². The topological polar surface area (TPSA) is 83.6 Å². The van der Waals surface area contributed by atoms with E-state index in [-0.39, 0.29) is 5.91 Å². The van der Waals surface area contributed by atoms with Crippen molar-refractivity contribution in [2.24, 2.45) is 0 Å². The fourth-order valence-electron chi connectivity index (χ4n) is 3.35. The number of amides is 1. The molecule has 3 aromatic rings. The van der Waals surface area contributed by atoms with Gasteiger partial charge in [-0.1, -0.05) is 18.0 Å². The summed E-state index contributed by atoms with van der Waals surface area (Å²) in [5.41, 5.74) is 2.33. The van der Waals surface area contributed by atoms with Gasteiger partial charge in [0, 0.05) is 24.1 Å². The average Bonchev–Trinajstić information content (AvgIpc) is 2.97. The van der Waals surface area contributed by atoms with Gasteiger partial charge in [0.2, 0.25) is 0 Å². The third-order valence-electron chi connectivity index (χ3n) is 4.86. The highest BCUT2D eigenvalue weighted by Gasteiger charge is 2.17. The van der Waals surface area contributed by atoms with Crippen molar-refractivity contribution in [3.05, 3.63) is 64.4 Å². The first kappa shape index (κ1) is 18.2. The summed E-state index contributed by atoms with van der Waals surface area (Å²) in [6, 6.07) is 14.0. The molecule has 1 amide bonds. The second-order valence-corrected chi connectivity index (χ2v) is 7.15. The van der Waals surface area contributed by atoms with E-state index >= 15 is 0 Å². The van der Waals surface area contributed by atoms with E-state index < -0.39 is 0 Å². The SMILES string of the molecule is N#Cc1ccc(C(=O)Nc2cc(-c3nnc4n3CCCCC4)ccc2Cl)cc1. The number of fused-ring (bicyclic) bond motifs is 1. The number of aromatic nitrogens is 3. The maximum absolute atomic E-state index is 12.6. The monoisotopic (exact) mass is 391 g/mol. The number of hydrogen-bond donors (Lipinski definition) is 1. The molecule has 0 saturated carbocycles. The first-order valence-corrected chi connectivity index (χ1v) is 9.57. The van der Waals surface area contributed by atoms with Crippen LogP contribution in [-0.4, -0.2) is 20.7 Å². The van der Waals surface area contributed by atoms with Crippen LogP contribution in [-0.2, 0) is 13.0 Å². The lowest BCUT2D eigenvalue weighted by Gasteiger charge is -2.11. The van der Waals surface area contributed by atoms with Gasteiger partial charge in [-0.15, -0.1) is 10.2 Å². The number of carbonyl (C=O) groups excluding carboxylic acids is 1. The number of hydrogen-bond acceptors (Lipinski definition) is 4. The van der Waals surface area contributed by atoms with Crippen LogP contribution in [0, 0.1) is 11.3 Å². The van der Waals surface area contributed by atoms with Gasteiger partial charge in [0.15, 0.2) is 5.82 Å². The molecule has 2 aromatic carbocycles. The number of benzene rings is 2. The van der Waals surface area contributed by atoms with E-state index in [1.165, 1.54) is 6.42 Å². The lowest BCUT2D eigenvalue weighted by atomic mass is 10.1. The van der Waals surface area contributed by atoms with Crippen LogP contribution in [0.4, 0.5) is 5.69 Å². The van der Waals surface area contributed by atoms with Gasteiger partial charge in [-0.3, -0.25) is 4.79 Å². The van der Waals surface area contributed by atoms with Crippen LogP contribution in [0.25, 0.3) is 11.4 Å². The molecule has 0 saturated heterocycles. The molecule has 1 aromatic heterocycles. The Labute approximate surface area is 167 Å². The van der Waals surface area contributed by atoms with Crippen molar-refractivity contribution in [2.45, 2.75) is 32.2 Å². The van der Waals surface area contributed by atoms with Crippen molar-refractivity contribution >= 4 is 23.2 Å². The highest BCUT2D eigenvalue weighted by Crippen LogP contribution is 2.30. The van der Waals surface area contributed by atoms with Crippen molar-refractivity contribution in [2.75, 3.05) is 5.32 Å². The summed E-state index contributed by atoms with van der Waals surface area (Å²) in [7, 11) is 0. The Hall–Kier alpha value is -3.17. The number of aryl methyl sites for hydroxylation is 1. The molecule has 0 fully saturated rings. The van der Waals surface area contributed by atoms with Crippen molar-refractivity contribution in [3.8, 4) is 17.5 Å². The fourth-order valence-corrected chi connectivity index (χ4v) is 3.51. The lowest BCUT2D eigenvalue weighted by Crippen LogP contribution is -2.12.